The van der Waals surface area contributed by atoms with E-state index in [4.69, 9.17) is 4.42 Å². The monoisotopic (exact) mass is 436 g/mol. The molecule has 3 aromatic heterocycles. The van der Waals surface area contributed by atoms with Gasteiger partial charge in [-0.1, -0.05) is 23.4 Å². The molecule has 1 saturated carbocycles. The third kappa shape index (κ3) is 4.51. The molecule has 5 rings (SSSR count). The summed E-state index contributed by atoms with van der Waals surface area (Å²) in [7, 11) is 0. The number of halogens is 1. The highest BCUT2D eigenvalue weighted by molar-refractivity contribution is 7.99. The average Bonchev–Trinajstić information content (AvgIpc) is 3.33. The van der Waals surface area contributed by atoms with Gasteiger partial charge in [0.25, 0.3) is 5.89 Å². The predicted molar refractivity (Wildman–Crippen MR) is 115 cm³/mol. The van der Waals surface area contributed by atoms with Gasteiger partial charge >= 0.3 is 0 Å². The molecule has 1 aliphatic rings. The molecule has 7 nitrogen and oxygen atoms in total. The van der Waals surface area contributed by atoms with Gasteiger partial charge in [0, 0.05) is 36.7 Å². The fourth-order valence-electron chi connectivity index (χ4n) is 3.33. The van der Waals surface area contributed by atoms with Crippen LogP contribution in [0.5, 0.6) is 0 Å². The SMILES string of the molecule is Cc1ccc(F)c(-c2nnc(CCSc3nnc(-c4ccncc4)n3CC3CC3)o2)c1. The lowest BCUT2D eigenvalue weighted by molar-refractivity contribution is 0.509. The van der Waals surface area contributed by atoms with Crippen molar-refractivity contribution in [3.05, 3.63) is 60.0 Å². The molecule has 9 heteroatoms. The summed E-state index contributed by atoms with van der Waals surface area (Å²) >= 11 is 1.61. The van der Waals surface area contributed by atoms with Gasteiger partial charge in [-0.2, -0.15) is 0 Å². The van der Waals surface area contributed by atoms with Crippen molar-refractivity contribution in [3.63, 3.8) is 0 Å². The Balaban J connectivity index is 1.28. The third-order valence-corrected chi connectivity index (χ3v) is 6.13. The van der Waals surface area contributed by atoms with Gasteiger partial charge in [-0.3, -0.25) is 4.98 Å². The minimum atomic E-state index is -0.369. The van der Waals surface area contributed by atoms with Gasteiger partial charge in [0.05, 0.1) is 5.56 Å². The lowest BCUT2D eigenvalue weighted by Crippen LogP contribution is -2.05. The van der Waals surface area contributed by atoms with Gasteiger partial charge in [-0.05, 0) is 49.9 Å². The van der Waals surface area contributed by atoms with Crippen LogP contribution < -0.4 is 0 Å². The molecular weight excluding hydrogens is 415 g/mol. The number of aromatic nitrogens is 6. The first kappa shape index (κ1) is 19.9. The number of benzene rings is 1. The molecule has 3 heterocycles. The van der Waals surface area contributed by atoms with E-state index in [9.17, 15) is 4.39 Å². The summed E-state index contributed by atoms with van der Waals surface area (Å²) in [4.78, 5) is 4.09. The first-order valence-electron chi connectivity index (χ1n) is 10.2. The molecule has 0 radical (unpaired) electrons. The maximum Gasteiger partial charge on any atom is 0.250 e. The smallest absolute Gasteiger partial charge is 0.250 e. The Hall–Kier alpha value is -3.07. The fourth-order valence-corrected chi connectivity index (χ4v) is 4.20. The van der Waals surface area contributed by atoms with Crippen LogP contribution in [0.2, 0.25) is 0 Å². The minimum absolute atomic E-state index is 0.207. The molecule has 0 N–H and O–H groups in total. The molecule has 158 valence electrons. The lowest BCUT2D eigenvalue weighted by Gasteiger charge is -2.09. The Morgan fingerprint density at radius 2 is 1.94 bits per heavy atom. The molecule has 1 aliphatic carbocycles. The molecule has 4 aromatic rings. The molecule has 0 unspecified atom stereocenters. The van der Waals surface area contributed by atoms with Crippen LogP contribution in [0.1, 0.15) is 24.3 Å². The largest absolute Gasteiger partial charge is 0.421 e. The Morgan fingerprint density at radius 3 is 2.74 bits per heavy atom. The maximum absolute atomic E-state index is 14.1. The molecule has 0 spiro atoms. The molecule has 0 saturated heterocycles. The zero-order chi connectivity index (χ0) is 21.2. The number of hydrogen-bond acceptors (Lipinski definition) is 7. The minimum Gasteiger partial charge on any atom is -0.421 e. The zero-order valence-corrected chi connectivity index (χ0v) is 17.8. The molecule has 0 amide bonds. The van der Waals surface area contributed by atoms with Crippen LogP contribution in [0.3, 0.4) is 0 Å². The van der Waals surface area contributed by atoms with Crippen molar-refractivity contribution in [2.75, 3.05) is 5.75 Å². The Kier molecular flexibility index (Phi) is 5.50. The van der Waals surface area contributed by atoms with Gasteiger partial charge in [0.2, 0.25) is 5.89 Å². The standard InChI is InChI=1S/C22H21FN6OS/c1-14-2-5-18(23)17(12-14)21-27-25-19(30-21)8-11-31-22-28-26-20(16-6-9-24-10-7-16)29(22)13-15-3-4-15/h2,5-7,9-10,12,15H,3-4,8,11,13H2,1H3. The molecular formula is C22H21FN6OS. The van der Waals surface area contributed by atoms with Crippen molar-refractivity contribution in [2.45, 2.75) is 37.9 Å². The second-order valence-electron chi connectivity index (χ2n) is 7.68. The number of nitrogens with zero attached hydrogens (tertiary/aromatic N) is 6. The topological polar surface area (TPSA) is 82.5 Å². The molecule has 0 bridgehead atoms. The van der Waals surface area contributed by atoms with Gasteiger partial charge in [-0.25, -0.2) is 4.39 Å². The highest BCUT2D eigenvalue weighted by Gasteiger charge is 2.25. The number of pyridine rings is 1. The van der Waals surface area contributed by atoms with E-state index < -0.39 is 0 Å². The zero-order valence-electron chi connectivity index (χ0n) is 17.0. The van der Waals surface area contributed by atoms with Crippen molar-refractivity contribution < 1.29 is 8.81 Å². The third-order valence-electron chi connectivity index (χ3n) is 5.16. The van der Waals surface area contributed by atoms with Crippen LogP contribution in [0.25, 0.3) is 22.8 Å². The van der Waals surface area contributed by atoms with Crippen molar-refractivity contribution in [1.82, 2.24) is 29.9 Å². The molecule has 31 heavy (non-hydrogen) atoms. The number of thioether (sulfide) groups is 1. The van der Waals surface area contributed by atoms with E-state index in [1.54, 1.807) is 36.3 Å². The van der Waals surface area contributed by atoms with Crippen LogP contribution in [-0.4, -0.2) is 35.7 Å². The van der Waals surface area contributed by atoms with Crippen LogP contribution in [0.4, 0.5) is 4.39 Å². The predicted octanol–water partition coefficient (Wildman–Crippen LogP) is 4.58. The van der Waals surface area contributed by atoms with Crippen LogP contribution in [0, 0.1) is 18.7 Å². The first-order chi connectivity index (χ1) is 15.2. The number of hydrogen-bond donors (Lipinski definition) is 0. The summed E-state index contributed by atoms with van der Waals surface area (Å²) < 4.78 is 22.0. The highest BCUT2D eigenvalue weighted by atomic mass is 32.2. The van der Waals surface area contributed by atoms with E-state index in [0.29, 0.717) is 29.5 Å². The van der Waals surface area contributed by atoms with Crippen LogP contribution >= 0.6 is 11.8 Å². The van der Waals surface area contributed by atoms with E-state index in [1.165, 1.54) is 18.9 Å². The number of rotatable bonds is 8. The van der Waals surface area contributed by atoms with E-state index in [1.807, 2.05) is 19.1 Å². The summed E-state index contributed by atoms with van der Waals surface area (Å²) in [5, 5.41) is 17.8. The lowest BCUT2D eigenvalue weighted by atomic mass is 10.1. The quantitative estimate of drug-likeness (QED) is 0.374. The first-order valence-corrected chi connectivity index (χ1v) is 11.2. The second-order valence-corrected chi connectivity index (χ2v) is 8.74. The van der Waals surface area contributed by atoms with E-state index >= 15 is 0 Å². The summed E-state index contributed by atoms with van der Waals surface area (Å²) in [5.74, 6) is 2.58. The highest BCUT2D eigenvalue weighted by Crippen LogP contribution is 2.34. The maximum atomic E-state index is 14.1. The molecule has 0 aliphatic heterocycles. The fraction of sp³-hybridized carbons (Fsp3) is 0.318. The van der Waals surface area contributed by atoms with Crippen molar-refractivity contribution in [1.29, 1.82) is 0 Å². The second kappa shape index (κ2) is 8.58. The normalized spacial score (nSPS) is 13.6. The summed E-state index contributed by atoms with van der Waals surface area (Å²) in [5.41, 5.74) is 2.28. The molecule has 1 aromatic carbocycles. The van der Waals surface area contributed by atoms with E-state index in [0.717, 1.165) is 28.7 Å². The van der Waals surface area contributed by atoms with Crippen molar-refractivity contribution >= 4 is 11.8 Å². The average molecular weight is 437 g/mol. The summed E-state index contributed by atoms with van der Waals surface area (Å²) in [6, 6.07) is 8.74. The van der Waals surface area contributed by atoms with Crippen molar-refractivity contribution in [3.8, 4) is 22.8 Å². The van der Waals surface area contributed by atoms with Crippen LogP contribution in [-0.2, 0) is 13.0 Å². The summed E-state index contributed by atoms with van der Waals surface area (Å²) in [6.07, 6.45) is 6.59. The van der Waals surface area contributed by atoms with E-state index in [2.05, 4.69) is 29.9 Å². The van der Waals surface area contributed by atoms with Gasteiger partial charge in [0.1, 0.15) is 5.82 Å². The molecule has 0 atom stereocenters. The van der Waals surface area contributed by atoms with E-state index in [-0.39, 0.29) is 11.7 Å². The Bertz CT molecular complexity index is 1190. The molecule has 1 fully saturated rings. The summed E-state index contributed by atoms with van der Waals surface area (Å²) in [6.45, 7) is 2.82. The Morgan fingerprint density at radius 1 is 1.10 bits per heavy atom. The van der Waals surface area contributed by atoms with Crippen molar-refractivity contribution in [2.24, 2.45) is 5.92 Å². The van der Waals surface area contributed by atoms with Gasteiger partial charge in [0.15, 0.2) is 11.0 Å². The number of aryl methyl sites for hydroxylation is 2. The Labute approximate surface area is 183 Å². The van der Waals surface area contributed by atoms with Gasteiger partial charge in [-0.15, -0.1) is 20.4 Å². The van der Waals surface area contributed by atoms with Gasteiger partial charge < -0.3 is 8.98 Å². The van der Waals surface area contributed by atoms with Crippen LogP contribution in [0.15, 0.2) is 52.3 Å².